The number of phenolic OH excluding ortho intramolecular Hbond substituents is 1. The molecule has 2 aliphatic carbocycles. The van der Waals surface area contributed by atoms with Crippen LogP contribution >= 0.6 is 0 Å². The van der Waals surface area contributed by atoms with Crippen LogP contribution in [0.25, 0.3) is 0 Å². The van der Waals surface area contributed by atoms with Crippen LogP contribution in [-0.4, -0.2) is 70.2 Å². The van der Waals surface area contributed by atoms with E-state index < -0.39 is 17.8 Å². The third-order valence-electron chi connectivity index (χ3n) is 7.94. The Balaban J connectivity index is 1.64. The topological polar surface area (TPSA) is 123 Å². The summed E-state index contributed by atoms with van der Waals surface area (Å²) >= 11 is 0. The largest absolute Gasteiger partial charge is 0.505 e. The Morgan fingerprint density at radius 2 is 1.81 bits per heavy atom. The maximum Gasteiger partial charge on any atom is 0.306 e. The van der Waals surface area contributed by atoms with Gasteiger partial charge in [0.2, 0.25) is 0 Å². The lowest BCUT2D eigenvalue weighted by atomic mass is 9.77. The number of hydrazone groups is 1. The number of nitrogens with zero attached hydrogens (tertiary/aromatic N) is 3. The quantitative estimate of drug-likeness (QED) is 0.287. The van der Waals surface area contributed by atoms with Gasteiger partial charge >= 0.3 is 5.97 Å². The molecule has 2 atom stereocenters. The zero-order valence-corrected chi connectivity index (χ0v) is 22.0. The van der Waals surface area contributed by atoms with Crippen LogP contribution in [0.5, 0.6) is 5.75 Å². The van der Waals surface area contributed by atoms with Crippen molar-refractivity contribution in [3.05, 3.63) is 34.9 Å². The fourth-order valence-electron chi connectivity index (χ4n) is 5.91. The molecule has 0 radical (unpaired) electrons. The third-order valence-corrected chi connectivity index (χ3v) is 7.94. The molecule has 2 amide bonds. The second-order valence-corrected chi connectivity index (χ2v) is 10.8. The van der Waals surface area contributed by atoms with Crippen molar-refractivity contribution in [3.63, 3.8) is 0 Å². The van der Waals surface area contributed by atoms with Gasteiger partial charge in [0, 0.05) is 18.2 Å². The molecule has 2 fully saturated rings. The number of imide groups is 1. The Morgan fingerprint density at radius 3 is 2.49 bits per heavy atom. The van der Waals surface area contributed by atoms with Crippen molar-refractivity contribution in [2.75, 3.05) is 26.1 Å². The summed E-state index contributed by atoms with van der Waals surface area (Å²) in [4.78, 5) is 41.8. The fraction of sp³-hybridized carbons (Fsp3) is 0.571. The first-order valence-electron chi connectivity index (χ1n) is 13.3. The van der Waals surface area contributed by atoms with Crippen molar-refractivity contribution in [3.8, 4) is 5.75 Å². The number of carbonyl (C=O) groups is 3. The average Bonchev–Trinajstić information content (AvgIpc) is 2.88. The number of hydrogen-bond acceptors (Lipinski definition) is 7. The molecule has 0 bridgehead atoms. The van der Waals surface area contributed by atoms with Crippen LogP contribution in [-0.2, 0) is 14.4 Å². The van der Waals surface area contributed by atoms with Gasteiger partial charge < -0.3 is 15.1 Å². The standard InChI is InChI=1S/C28H38N4O5/c1-17-22(16-31(2)3)26(34)32(20-11-5-4-6-12-20)27(35)24(17)30-29-23-14-8-13-21(25(23)33)18-9-7-10-19(15-18)28(36)37/h8,13-14,18-20,29,33H,4-7,9-12,15-16H2,1-3H3,(H,36,37). The van der Waals surface area contributed by atoms with E-state index in [1.807, 2.05) is 25.1 Å². The number of carboxylic acid groups (broad SMARTS) is 1. The fourth-order valence-corrected chi connectivity index (χ4v) is 5.91. The molecule has 9 heteroatoms. The van der Waals surface area contributed by atoms with Gasteiger partial charge in [-0.05, 0) is 76.2 Å². The van der Waals surface area contributed by atoms with Gasteiger partial charge in [0.15, 0.2) is 5.71 Å². The van der Waals surface area contributed by atoms with Crippen molar-refractivity contribution < 1.29 is 24.6 Å². The van der Waals surface area contributed by atoms with Crippen LogP contribution in [0.4, 0.5) is 5.69 Å². The highest BCUT2D eigenvalue weighted by Gasteiger charge is 2.41. The summed E-state index contributed by atoms with van der Waals surface area (Å²) in [5.41, 5.74) is 5.18. The molecule has 1 aromatic rings. The predicted octanol–water partition coefficient (Wildman–Crippen LogP) is 4.10. The molecule has 1 aromatic carbocycles. The number of rotatable bonds is 7. The second kappa shape index (κ2) is 11.5. The van der Waals surface area contributed by atoms with Gasteiger partial charge in [-0.3, -0.25) is 24.7 Å². The SMILES string of the molecule is CC1=C(CN(C)C)C(=O)N(C2CCCCC2)C(=O)C1=NNc1cccc(C2CCCC(C(=O)O)C2)c1O. The van der Waals surface area contributed by atoms with Crippen molar-refractivity contribution in [2.45, 2.75) is 76.7 Å². The van der Waals surface area contributed by atoms with Crippen molar-refractivity contribution in [1.29, 1.82) is 0 Å². The number of aliphatic carboxylic acids is 1. The molecule has 1 aliphatic heterocycles. The van der Waals surface area contributed by atoms with E-state index in [1.165, 1.54) is 4.90 Å². The molecular formula is C28H38N4O5. The van der Waals surface area contributed by atoms with E-state index in [9.17, 15) is 24.6 Å². The number of likely N-dealkylation sites (N-methyl/N-ethyl adjacent to an activating group) is 1. The molecule has 9 nitrogen and oxygen atoms in total. The number of aromatic hydroxyl groups is 1. The first kappa shape index (κ1) is 26.9. The van der Waals surface area contributed by atoms with Crippen LogP contribution in [0, 0.1) is 5.92 Å². The second-order valence-electron chi connectivity index (χ2n) is 10.8. The summed E-state index contributed by atoms with van der Waals surface area (Å²) in [5, 5.41) is 24.9. The molecule has 3 aliphatic rings. The Bertz CT molecular complexity index is 1120. The van der Waals surface area contributed by atoms with Gasteiger partial charge in [0.1, 0.15) is 5.75 Å². The van der Waals surface area contributed by atoms with Gasteiger partial charge in [-0.2, -0.15) is 5.10 Å². The summed E-state index contributed by atoms with van der Waals surface area (Å²) < 4.78 is 0. The number of amides is 2. The maximum atomic E-state index is 13.6. The first-order valence-corrected chi connectivity index (χ1v) is 13.3. The summed E-state index contributed by atoms with van der Waals surface area (Å²) in [7, 11) is 3.77. The monoisotopic (exact) mass is 510 g/mol. The summed E-state index contributed by atoms with van der Waals surface area (Å²) in [6.45, 7) is 2.14. The van der Waals surface area contributed by atoms with E-state index in [-0.39, 0.29) is 29.3 Å². The van der Waals surface area contributed by atoms with Gasteiger partial charge in [-0.25, -0.2) is 0 Å². The predicted molar refractivity (Wildman–Crippen MR) is 141 cm³/mol. The van der Waals surface area contributed by atoms with E-state index in [4.69, 9.17) is 0 Å². The van der Waals surface area contributed by atoms with E-state index in [1.54, 1.807) is 19.1 Å². The first-order chi connectivity index (χ1) is 17.7. The summed E-state index contributed by atoms with van der Waals surface area (Å²) in [5.74, 6) is -1.90. The van der Waals surface area contributed by atoms with E-state index in [0.29, 0.717) is 41.8 Å². The minimum atomic E-state index is -0.798. The molecule has 0 aromatic heterocycles. The van der Waals surface area contributed by atoms with Crippen LogP contribution in [0.3, 0.4) is 0 Å². The number of carbonyl (C=O) groups excluding carboxylic acids is 2. The molecule has 200 valence electrons. The zero-order valence-electron chi connectivity index (χ0n) is 22.0. The molecule has 2 unspecified atom stereocenters. The molecular weight excluding hydrogens is 472 g/mol. The lowest BCUT2D eigenvalue weighted by molar-refractivity contribution is -0.144. The van der Waals surface area contributed by atoms with Gasteiger partial charge in [-0.1, -0.05) is 37.8 Å². The lowest BCUT2D eigenvalue weighted by Gasteiger charge is -2.37. The number of nitrogens with one attached hydrogen (secondary N) is 1. The molecule has 3 N–H and O–H groups in total. The zero-order chi connectivity index (χ0) is 26.7. The Hall–Kier alpha value is -3.20. The number of carboxylic acids is 1. The summed E-state index contributed by atoms with van der Waals surface area (Å²) in [6.07, 6.45) is 7.41. The molecule has 2 saturated carbocycles. The van der Waals surface area contributed by atoms with Crippen molar-refractivity contribution >= 4 is 29.2 Å². The minimum absolute atomic E-state index is 0.0153. The van der Waals surface area contributed by atoms with Gasteiger partial charge in [-0.15, -0.1) is 0 Å². The molecule has 0 spiro atoms. The average molecular weight is 511 g/mol. The van der Waals surface area contributed by atoms with E-state index >= 15 is 0 Å². The molecule has 37 heavy (non-hydrogen) atoms. The smallest absolute Gasteiger partial charge is 0.306 e. The number of benzene rings is 1. The highest BCUT2D eigenvalue weighted by molar-refractivity contribution is 6.50. The highest BCUT2D eigenvalue weighted by Crippen LogP contribution is 2.42. The third kappa shape index (κ3) is 5.71. The molecule has 0 saturated heterocycles. The molecule has 1 heterocycles. The highest BCUT2D eigenvalue weighted by atomic mass is 16.4. The van der Waals surface area contributed by atoms with Crippen LogP contribution in [0.2, 0.25) is 0 Å². The Labute approximate surface area is 218 Å². The van der Waals surface area contributed by atoms with Crippen LogP contribution in [0.15, 0.2) is 34.4 Å². The van der Waals surface area contributed by atoms with E-state index in [2.05, 4.69) is 10.5 Å². The Kier molecular flexibility index (Phi) is 8.32. The van der Waals surface area contributed by atoms with Crippen molar-refractivity contribution in [1.82, 2.24) is 9.80 Å². The normalized spacial score (nSPS) is 24.8. The number of anilines is 1. The number of phenols is 1. The van der Waals surface area contributed by atoms with Crippen LogP contribution < -0.4 is 5.43 Å². The van der Waals surface area contributed by atoms with Crippen molar-refractivity contribution in [2.24, 2.45) is 11.0 Å². The van der Waals surface area contributed by atoms with Gasteiger partial charge in [0.25, 0.3) is 11.8 Å². The summed E-state index contributed by atoms with van der Waals surface area (Å²) in [6, 6.07) is 5.16. The number of hydrogen-bond donors (Lipinski definition) is 3. The lowest BCUT2D eigenvalue weighted by Crippen LogP contribution is -2.53. The van der Waals surface area contributed by atoms with Gasteiger partial charge in [0.05, 0.1) is 11.6 Å². The Morgan fingerprint density at radius 1 is 1.08 bits per heavy atom. The van der Waals surface area contributed by atoms with Crippen LogP contribution in [0.1, 0.15) is 76.2 Å². The maximum absolute atomic E-state index is 13.6. The molecule has 4 rings (SSSR count). The number of para-hydroxylation sites is 1. The minimum Gasteiger partial charge on any atom is -0.505 e. The van der Waals surface area contributed by atoms with E-state index in [0.717, 1.165) is 44.9 Å².